The van der Waals surface area contributed by atoms with Gasteiger partial charge < -0.3 is 26.0 Å². The van der Waals surface area contributed by atoms with Crippen LogP contribution in [-0.2, 0) is 19.1 Å². The Labute approximate surface area is 147 Å². The number of esters is 2. The van der Waals surface area contributed by atoms with E-state index in [1.807, 2.05) is 0 Å². The Morgan fingerprint density at radius 2 is 1.62 bits per heavy atom. The number of nitrogens with two attached hydrogens (primary N) is 1. The fourth-order valence-corrected chi connectivity index (χ4v) is 1.86. The number of hydrogen-bond donors (Lipinski definition) is 4. The molecule has 1 heterocycles. The highest BCUT2D eigenvalue weighted by molar-refractivity contribution is 6.14. The standard InChI is InChI=1S/C8H14N2O5.C8H4O3/c1-4(9)7(13)10-5(8(14)15)2-3-6(11)12;9-7-5-3-1-2-4-6(5)8(10)11-7/h4-5H,2-3,9H2,1H3,(H,10,13)(H,11,12)(H,14,15);1-4H. The molecule has 5 N–H and O–H groups in total. The van der Waals surface area contributed by atoms with E-state index in [1.54, 1.807) is 24.3 Å². The first-order valence-electron chi connectivity index (χ1n) is 7.49. The summed E-state index contributed by atoms with van der Waals surface area (Å²) in [6.45, 7) is 1.41. The molecule has 26 heavy (non-hydrogen) atoms. The van der Waals surface area contributed by atoms with Crippen molar-refractivity contribution in [3.05, 3.63) is 35.4 Å². The summed E-state index contributed by atoms with van der Waals surface area (Å²) in [5, 5.41) is 19.2. The number of aliphatic carboxylic acids is 2. The molecule has 1 amide bonds. The van der Waals surface area contributed by atoms with Crippen molar-refractivity contribution in [2.75, 3.05) is 0 Å². The number of hydrogen-bond acceptors (Lipinski definition) is 7. The van der Waals surface area contributed by atoms with Gasteiger partial charge in [0.2, 0.25) is 5.91 Å². The number of nitrogens with one attached hydrogen (secondary N) is 1. The number of rotatable bonds is 6. The molecule has 2 atom stereocenters. The highest BCUT2D eigenvalue weighted by atomic mass is 16.6. The van der Waals surface area contributed by atoms with E-state index in [-0.39, 0.29) is 12.8 Å². The number of carbonyl (C=O) groups excluding carboxylic acids is 3. The third-order valence-electron chi connectivity index (χ3n) is 3.23. The molecule has 0 fully saturated rings. The maximum atomic E-state index is 11.1. The van der Waals surface area contributed by atoms with Gasteiger partial charge in [-0.15, -0.1) is 0 Å². The Morgan fingerprint density at radius 1 is 1.12 bits per heavy atom. The van der Waals surface area contributed by atoms with Gasteiger partial charge >= 0.3 is 23.9 Å². The lowest BCUT2D eigenvalue weighted by molar-refractivity contribution is -0.143. The van der Waals surface area contributed by atoms with Crippen LogP contribution in [0.1, 0.15) is 40.5 Å². The van der Waals surface area contributed by atoms with Crippen LogP contribution >= 0.6 is 0 Å². The number of cyclic esters (lactones) is 2. The highest BCUT2D eigenvalue weighted by Gasteiger charge is 2.28. The number of fused-ring (bicyclic) bond motifs is 1. The van der Waals surface area contributed by atoms with Crippen molar-refractivity contribution in [2.24, 2.45) is 5.73 Å². The van der Waals surface area contributed by atoms with Gasteiger partial charge in [0.05, 0.1) is 17.2 Å². The summed E-state index contributed by atoms with van der Waals surface area (Å²) in [6, 6.07) is 4.50. The molecule has 2 rings (SSSR count). The van der Waals surface area contributed by atoms with Gasteiger partial charge in [0, 0.05) is 6.42 Å². The molecule has 0 saturated heterocycles. The zero-order valence-electron chi connectivity index (χ0n) is 13.8. The quantitative estimate of drug-likeness (QED) is 0.391. The molecule has 10 heteroatoms. The Morgan fingerprint density at radius 3 is 2.00 bits per heavy atom. The molecule has 1 aliphatic heterocycles. The van der Waals surface area contributed by atoms with Gasteiger partial charge in [-0.05, 0) is 25.5 Å². The minimum Gasteiger partial charge on any atom is -0.481 e. The van der Waals surface area contributed by atoms with Gasteiger partial charge in [-0.3, -0.25) is 9.59 Å². The van der Waals surface area contributed by atoms with Crippen molar-refractivity contribution >= 4 is 29.8 Å². The van der Waals surface area contributed by atoms with E-state index in [0.29, 0.717) is 11.1 Å². The highest BCUT2D eigenvalue weighted by Crippen LogP contribution is 2.18. The molecule has 0 aromatic heterocycles. The predicted molar refractivity (Wildman–Crippen MR) is 86.3 cm³/mol. The van der Waals surface area contributed by atoms with Crippen LogP contribution in [0.2, 0.25) is 0 Å². The number of amides is 1. The lowest BCUT2D eigenvalue weighted by Crippen LogP contribution is -2.47. The van der Waals surface area contributed by atoms with Crippen molar-refractivity contribution in [3.8, 4) is 0 Å². The van der Waals surface area contributed by atoms with Crippen molar-refractivity contribution in [1.82, 2.24) is 5.32 Å². The first-order valence-corrected chi connectivity index (χ1v) is 7.49. The summed E-state index contributed by atoms with van der Waals surface area (Å²) >= 11 is 0. The third kappa shape index (κ3) is 5.98. The molecule has 0 aliphatic carbocycles. The summed E-state index contributed by atoms with van der Waals surface area (Å²) in [7, 11) is 0. The fraction of sp³-hybridized carbons (Fsp3) is 0.312. The minimum absolute atomic E-state index is 0.164. The average Bonchev–Trinajstić information content (AvgIpc) is 2.86. The molecular formula is C16H18N2O8. The number of carboxylic acids is 2. The van der Waals surface area contributed by atoms with Crippen molar-refractivity contribution < 1.29 is 38.9 Å². The summed E-state index contributed by atoms with van der Waals surface area (Å²) in [5.74, 6) is -4.11. The number of carbonyl (C=O) groups is 5. The third-order valence-corrected chi connectivity index (χ3v) is 3.23. The van der Waals surface area contributed by atoms with Gasteiger partial charge in [-0.25, -0.2) is 14.4 Å². The van der Waals surface area contributed by atoms with Gasteiger partial charge in [0.15, 0.2) is 0 Å². The molecule has 1 aliphatic rings. The molecule has 0 bridgehead atoms. The first-order chi connectivity index (χ1) is 12.1. The summed E-state index contributed by atoms with van der Waals surface area (Å²) in [4.78, 5) is 53.6. The molecule has 10 nitrogen and oxygen atoms in total. The Kier molecular flexibility index (Phi) is 7.41. The SMILES string of the molecule is CC(N)C(=O)NC(CCC(=O)O)C(=O)O.O=C1OC(=O)c2ccccc21. The molecule has 140 valence electrons. The fourth-order valence-electron chi connectivity index (χ4n) is 1.86. The van der Waals surface area contributed by atoms with E-state index in [1.165, 1.54) is 6.92 Å². The molecule has 1 aromatic carbocycles. The Bertz CT molecular complexity index is 696. The zero-order chi connectivity index (χ0) is 19.9. The second-order valence-electron chi connectivity index (χ2n) is 5.34. The molecule has 1 aromatic rings. The lowest BCUT2D eigenvalue weighted by atomic mass is 10.1. The van der Waals surface area contributed by atoms with E-state index < -0.39 is 41.9 Å². The van der Waals surface area contributed by atoms with Crippen LogP contribution in [0, 0.1) is 0 Å². The van der Waals surface area contributed by atoms with Crippen LogP contribution in [0.4, 0.5) is 0 Å². The number of ether oxygens (including phenoxy) is 1. The average molecular weight is 366 g/mol. The topological polar surface area (TPSA) is 173 Å². The van der Waals surface area contributed by atoms with Gasteiger partial charge in [-0.2, -0.15) is 0 Å². The van der Waals surface area contributed by atoms with E-state index in [9.17, 15) is 24.0 Å². The van der Waals surface area contributed by atoms with E-state index in [0.717, 1.165) is 0 Å². The van der Waals surface area contributed by atoms with Crippen LogP contribution in [0.3, 0.4) is 0 Å². The Hall–Kier alpha value is -3.27. The monoisotopic (exact) mass is 366 g/mol. The number of carboxylic acid groups (broad SMARTS) is 2. The van der Waals surface area contributed by atoms with Gasteiger partial charge in [0.1, 0.15) is 6.04 Å². The largest absolute Gasteiger partial charge is 0.481 e. The summed E-state index contributed by atoms with van der Waals surface area (Å²) in [6.07, 6.45) is -0.487. The molecule has 2 unspecified atom stereocenters. The van der Waals surface area contributed by atoms with E-state index in [4.69, 9.17) is 15.9 Å². The summed E-state index contributed by atoms with van der Waals surface area (Å²) < 4.78 is 4.35. The smallest absolute Gasteiger partial charge is 0.346 e. The maximum absolute atomic E-state index is 11.1. The predicted octanol–water partition coefficient (Wildman–Crippen LogP) is -0.235. The van der Waals surface area contributed by atoms with Crippen LogP contribution < -0.4 is 11.1 Å². The second-order valence-corrected chi connectivity index (χ2v) is 5.34. The second kappa shape index (κ2) is 9.28. The van der Waals surface area contributed by atoms with Gasteiger partial charge in [-0.1, -0.05) is 12.1 Å². The summed E-state index contributed by atoms with van der Waals surface area (Å²) in [5.41, 5.74) is 5.94. The minimum atomic E-state index is -1.27. The maximum Gasteiger partial charge on any atom is 0.346 e. The molecule has 0 spiro atoms. The van der Waals surface area contributed by atoms with E-state index in [2.05, 4.69) is 10.1 Å². The van der Waals surface area contributed by atoms with Crippen molar-refractivity contribution in [2.45, 2.75) is 31.8 Å². The van der Waals surface area contributed by atoms with Crippen LogP contribution in [0.5, 0.6) is 0 Å². The normalized spacial score (nSPS) is 14.2. The van der Waals surface area contributed by atoms with Crippen LogP contribution in [-0.4, -0.2) is 52.1 Å². The lowest BCUT2D eigenvalue weighted by Gasteiger charge is -2.14. The Balaban J connectivity index is 0.000000269. The number of benzene rings is 1. The molecule has 0 saturated carbocycles. The zero-order valence-corrected chi connectivity index (χ0v) is 13.8. The van der Waals surface area contributed by atoms with Crippen LogP contribution in [0.25, 0.3) is 0 Å². The first kappa shape index (κ1) is 20.8. The van der Waals surface area contributed by atoms with Crippen molar-refractivity contribution in [1.29, 1.82) is 0 Å². The van der Waals surface area contributed by atoms with E-state index >= 15 is 0 Å². The molecular weight excluding hydrogens is 348 g/mol. The van der Waals surface area contributed by atoms with Crippen LogP contribution in [0.15, 0.2) is 24.3 Å². The van der Waals surface area contributed by atoms with Crippen molar-refractivity contribution in [3.63, 3.8) is 0 Å². The van der Waals surface area contributed by atoms with Gasteiger partial charge in [0.25, 0.3) is 0 Å². The molecule has 0 radical (unpaired) electrons.